The standard InChI is InChI=1S/C35H37N3O5/c1-3-4-5-6-7-20-43-31-18-16-27(17-19-31)30-22-36-33(37-23-30)28-10-8-25(9-11-28)21-32(35(41)42)38-34(40)29-14-12-26(13-15-29)24(2)39/h8-19,22-23,32H,3-7,20-21H2,1-2H3,(H,38,40)(H,41,42). The van der Waals surface area contributed by atoms with Crippen molar-refractivity contribution >= 4 is 17.7 Å². The Balaban J connectivity index is 1.32. The van der Waals surface area contributed by atoms with Crippen LogP contribution in [0.1, 0.15) is 72.2 Å². The van der Waals surface area contributed by atoms with Crippen molar-refractivity contribution in [1.82, 2.24) is 15.3 Å². The molecule has 1 heterocycles. The molecule has 222 valence electrons. The molecule has 43 heavy (non-hydrogen) atoms. The lowest BCUT2D eigenvalue weighted by atomic mass is 10.0. The summed E-state index contributed by atoms with van der Waals surface area (Å²) in [5, 5.41) is 12.3. The van der Waals surface area contributed by atoms with Gasteiger partial charge in [-0.2, -0.15) is 0 Å². The van der Waals surface area contributed by atoms with Gasteiger partial charge in [-0.3, -0.25) is 9.59 Å². The Morgan fingerprint density at radius 1 is 0.767 bits per heavy atom. The smallest absolute Gasteiger partial charge is 0.326 e. The Kier molecular flexibility index (Phi) is 11.1. The summed E-state index contributed by atoms with van der Waals surface area (Å²) in [5.74, 6) is -0.369. The maximum atomic E-state index is 12.6. The summed E-state index contributed by atoms with van der Waals surface area (Å²) in [6, 6.07) is 20.2. The van der Waals surface area contributed by atoms with Crippen LogP contribution in [-0.2, 0) is 11.2 Å². The number of hydrogen-bond donors (Lipinski definition) is 2. The van der Waals surface area contributed by atoms with Gasteiger partial charge >= 0.3 is 5.97 Å². The average Bonchev–Trinajstić information content (AvgIpc) is 3.03. The van der Waals surface area contributed by atoms with Crippen molar-refractivity contribution < 1.29 is 24.2 Å². The molecule has 0 aliphatic rings. The lowest BCUT2D eigenvalue weighted by Gasteiger charge is -2.15. The van der Waals surface area contributed by atoms with Crippen molar-refractivity contribution in [1.29, 1.82) is 0 Å². The maximum absolute atomic E-state index is 12.6. The zero-order valence-corrected chi connectivity index (χ0v) is 24.6. The van der Waals surface area contributed by atoms with E-state index in [9.17, 15) is 19.5 Å². The van der Waals surface area contributed by atoms with Gasteiger partial charge in [-0.25, -0.2) is 14.8 Å². The van der Waals surface area contributed by atoms with E-state index < -0.39 is 17.9 Å². The van der Waals surface area contributed by atoms with Gasteiger partial charge in [0.15, 0.2) is 11.6 Å². The summed E-state index contributed by atoms with van der Waals surface area (Å²) < 4.78 is 5.86. The molecule has 0 radical (unpaired) electrons. The van der Waals surface area contributed by atoms with Crippen molar-refractivity contribution in [3.8, 4) is 28.3 Å². The van der Waals surface area contributed by atoms with Crippen molar-refractivity contribution in [2.24, 2.45) is 0 Å². The highest BCUT2D eigenvalue weighted by Gasteiger charge is 2.21. The lowest BCUT2D eigenvalue weighted by molar-refractivity contribution is -0.139. The van der Waals surface area contributed by atoms with Gasteiger partial charge in [0.2, 0.25) is 0 Å². The van der Waals surface area contributed by atoms with E-state index in [4.69, 9.17) is 4.74 Å². The van der Waals surface area contributed by atoms with E-state index in [1.165, 1.54) is 44.7 Å². The lowest BCUT2D eigenvalue weighted by Crippen LogP contribution is -2.42. The minimum Gasteiger partial charge on any atom is -0.494 e. The number of carboxylic acid groups (broad SMARTS) is 1. The van der Waals surface area contributed by atoms with Crippen LogP contribution in [0.15, 0.2) is 85.2 Å². The number of benzene rings is 3. The van der Waals surface area contributed by atoms with Crippen LogP contribution in [0.5, 0.6) is 5.75 Å². The molecule has 1 aromatic heterocycles. The van der Waals surface area contributed by atoms with Gasteiger partial charge in [0.05, 0.1) is 6.61 Å². The van der Waals surface area contributed by atoms with Crippen LogP contribution in [0, 0.1) is 0 Å². The summed E-state index contributed by atoms with van der Waals surface area (Å²) >= 11 is 0. The largest absolute Gasteiger partial charge is 0.494 e. The van der Waals surface area contributed by atoms with Crippen LogP contribution in [0.4, 0.5) is 0 Å². The van der Waals surface area contributed by atoms with E-state index in [-0.39, 0.29) is 17.8 Å². The molecule has 1 amide bonds. The van der Waals surface area contributed by atoms with Crippen LogP contribution in [0.3, 0.4) is 0 Å². The molecule has 8 heteroatoms. The molecule has 8 nitrogen and oxygen atoms in total. The molecular formula is C35H37N3O5. The molecular weight excluding hydrogens is 542 g/mol. The van der Waals surface area contributed by atoms with Crippen LogP contribution < -0.4 is 10.1 Å². The average molecular weight is 580 g/mol. The zero-order valence-electron chi connectivity index (χ0n) is 24.6. The predicted molar refractivity (Wildman–Crippen MR) is 166 cm³/mol. The first-order valence-corrected chi connectivity index (χ1v) is 14.6. The number of ether oxygens (including phenoxy) is 1. The van der Waals surface area contributed by atoms with Gasteiger partial charge in [0.1, 0.15) is 11.8 Å². The van der Waals surface area contributed by atoms with E-state index >= 15 is 0 Å². The quantitative estimate of drug-likeness (QED) is 0.118. The van der Waals surface area contributed by atoms with Gasteiger partial charge in [-0.05, 0) is 48.7 Å². The number of Topliss-reactive ketones (excluding diaryl/α,β-unsaturated/α-hetero) is 1. The predicted octanol–water partition coefficient (Wildman–Crippen LogP) is 6.79. The molecule has 0 bridgehead atoms. The van der Waals surface area contributed by atoms with E-state index in [1.807, 2.05) is 36.4 Å². The molecule has 0 aliphatic heterocycles. The molecule has 1 atom stereocenters. The second kappa shape index (κ2) is 15.4. The first-order valence-electron chi connectivity index (χ1n) is 14.6. The fourth-order valence-corrected chi connectivity index (χ4v) is 4.59. The molecule has 3 aromatic carbocycles. The first-order chi connectivity index (χ1) is 20.8. The Labute approximate surface area is 252 Å². The molecule has 2 N–H and O–H groups in total. The number of ketones is 1. The van der Waals surface area contributed by atoms with Crippen molar-refractivity contribution in [2.45, 2.75) is 58.4 Å². The minimum atomic E-state index is -1.14. The normalized spacial score (nSPS) is 11.5. The molecule has 4 rings (SSSR count). The summed E-state index contributed by atoms with van der Waals surface area (Å²) in [4.78, 5) is 45.0. The Morgan fingerprint density at radius 2 is 1.37 bits per heavy atom. The minimum absolute atomic E-state index is 0.102. The number of unbranched alkanes of at least 4 members (excludes halogenated alkanes) is 4. The number of aliphatic carboxylic acids is 1. The number of carbonyl (C=O) groups is 3. The summed E-state index contributed by atoms with van der Waals surface area (Å²) in [6.45, 7) is 4.37. The van der Waals surface area contributed by atoms with Gasteiger partial charge in [-0.15, -0.1) is 0 Å². The molecule has 0 saturated heterocycles. The van der Waals surface area contributed by atoms with E-state index in [1.54, 1.807) is 36.7 Å². The Bertz CT molecular complexity index is 1500. The number of nitrogens with zero attached hydrogens (tertiary/aromatic N) is 2. The number of aromatic nitrogens is 2. The third kappa shape index (κ3) is 9.07. The second-order valence-electron chi connectivity index (χ2n) is 10.5. The molecule has 1 unspecified atom stereocenters. The molecule has 0 saturated carbocycles. The number of carbonyl (C=O) groups excluding carboxylic acids is 2. The molecule has 4 aromatic rings. The SMILES string of the molecule is CCCCCCCOc1ccc(-c2cnc(-c3ccc(CC(NC(=O)c4ccc(C(C)=O)cc4)C(=O)O)cc3)nc2)cc1. The van der Waals surface area contributed by atoms with Gasteiger partial charge in [0.25, 0.3) is 5.91 Å². The topological polar surface area (TPSA) is 118 Å². The van der Waals surface area contributed by atoms with E-state index in [2.05, 4.69) is 22.2 Å². The van der Waals surface area contributed by atoms with E-state index in [0.717, 1.165) is 41.0 Å². The van der Waals surface area contributed by atoms with Crippen molar-refractivity contribution in [3.63, 3.8) is 0 Å². The highest BCUT2D eigenvalue weighted by atomic mass is 16.5. The summed E-state index contributed by atoms with van der Waals surface area (Å²) in [6.07, 6.45) is 9.68. The molecule has 0 spiro atoms. The number of amides is 1. The van der Waals surface area contributed by atoms with Crippen LogP contribution in [0.2, 0.25) is 0 Å². The number of nitrogens with one attached hydrogen (secondary N) is 1. The fourth-order valence-electron chi connectivity index (χ4n) is 4.59. The number of carboxylic acids is 1. The highest BCUT2D eigenvalue weighted by Crippen LogP contribution is 2.24. The Hall–Kier alpha value is -4.85. The van der Waals surface area contributed by atoms with Crippen LogP contribution in [0.25, 0.3) is 22.5 Å². The number of hydrogen-bond acceptors (Lipinski definition) is 6. The van der Waals surface area contributed by atoms with Crippen LogP contribution in [-0.4, -0.2) is 45.4 Å². The monoisotopic (exact) mass is 579 g/mol. The van der Waals surface area contributed by atoms with Crippen LogP contribution >= 0.6 is 0 Å². The van der Waals surface area contributed by atoms with Crippen molar-refractivity contribution in [2.75, 3.05) is 6.61 Å². The number of rotatable bonds is 15. The molecule has 0 fully saturated rings. The van der Waals surface area contributed by atoms with Crippen molar-refractivity contribution in [3.05, 3.63) is 102 Å². The third-order valence-corrected chi connectivity index (χ3v) is 7.17. The highest BCUT2D eigenvalue weighted by molar-refractivity contribution is 5.99. The van der Waals surface area contributed by atoms with Gasteiger partial charge in [-0.1, -0.05) is 81.1 Å². The van der Waals surface area contributed by atoms with Gasteiger partial charge in [0, 0.05) is 41.1 Å². The fraction of sp³-hybridized carbons (Fsp3) is 0.286. The summed E-state index contributed by atoms with van der Waals surface area (Å²) in [7, 11) is 0. The zero-order chi connectivity index (χ0) is 30.6. The maximum Gasteiger partial charge on any atom is 0.326 e. The first kappa shape index (κ1) is 31.1. The second-order valence-corrected chi connectivity index (χ2v) is 10.5. The van der Waals surface area contributed by atoms with Gasteiger partial charge < -0.3 is 15.2 Å². The Morgan fingerprint density at radius 3 is 1.98 bits per heavy atom. The van der Waals surface area contributed by atoms with E-state index in [0.29, 0.717) is 11.4 Å². The third-order valence-electron chi connectivity index (χ3n) is 7.17. The summed E-state index contributed by atoms with van der Waals surface area (Å²) in [5.41, 5.74) is 4.18. The molecule has 0 aliphatic carbocycles.